The highest BCUT2D eigenvalue weighted by Crippen LogP contribution is 2.26. The number of aliphatic hydroxyl groups excluding tert-OH is 1. The van der Waals surface area contributed by atoms with Gasteiger partial charge in [0.15, 0.2) is 9.84 Å². The number of hydrogen-bond acceptors (Lipinski definition) is 6. The summed E-state index contributed by atoms with van der Waals surface area (Å²) in [7, 11) is -3.65. The Bertz CT molecular complexity index is 989. The molecule has 1 heterocycles. The fourth-order valence-electron chi connectivity index (χ4n) is 3.63. The van der Waals surface area contributed by atoms with Crippen LogP contribution in [0.1, 0.15) is 25.8 Å². The van der Waals surface area contributed by atoms with Crippen LogP contribution in [0.15, 0.2) is 30.3 Å². The molecule has 2 amide bonds. The summed E-state index contributed by atoms with van der Waals surface area (Å²) in [5.74, 6) is -8.96. The first-order valence-corrected chi connectivity index (χ1v) is 12.5. The molecule has 1 fully saturated rings. The molecule has 0 radical (unpaired) electrons. The van der Waals surface area contributed by atoms with Crippen LogP contribution in [0, 0.1) is 5.92 Å². The van der Waals surface area contributed by atoms with E-state index in [0.717, 1.165) is 5.32 Å². The maximum Gasteiger partial charge on any atom is 0.405 e. The van der Waals surface area contributed by atoms with Crippen molar-refractivity contribution in [2.75, 3.05) is 13.1 Å². The zero-order valence-corrected chi connectivity index (χ0v) is 19.8. The molecular formula is C21H28F5N3O5S. The molecule has 0 unspecified atom stereocenters. The van der Waals surface area contributed by atoms with E-state index in [1.54, 1.807) is 30.3 Å². The van der Waals surface area contributed by atoms with Crippen molar-refractivity contribution in [1.82, 2.24) is 16.0 Å². The van der Waals surface area contributed by atoms with Gasteiger partial charge in [0.2, 0.25) is 5.91 Å². The van der Waals surface area contributed by atoms with Crippen LogP contribution < -0.4 is 16.0 Å². The lowest BCUT2D eigenvalue weighted by molar-refractivity contribution is -0.174. The van der Waals surface area contributed by atoms with E-state index in [1.807, 2.05) is 0 Å². The maximum absolute atomic E-state index is 14.4. The molecule has 0 spiro atoms. The summed E-state index contributed by atoms with van der Waals surface area (Å²) in [5, 5.41) is 15.1. The number of sulfone groups is 1. The third-order valence-corrected chi connectivity index (χ3v) is 7.73. The Labute approximate surface area is 199 Å². The second-order valence-corrected chi connectivity index (χ2v) is 11.0. The molecule has 1 saturated heterocycles. The monoisotopic (exact) mass is 529 g/mol. The van der Waals surface area contributed by atoms with Gasteiger partial charge in [0.1, 0.15) is 12.6 Å². The van der Waals surface area contributed by atoms with Crippen molar-refractivity contribution in [3.8, 4) is 0 Å². The second-order valence-electron chi connectivity index (χ2n) is 8.76. The van der Waals surface area contributed by atoms with E-state index in [9.17, 15) is 45.1 Å². The minimum atomic E-state index is -4.94. The Hall–Kier alpha value is -2.32. The molecule has 1 aliphatic rings. The zero-order chi connectivity index (χ0) is 26.6. The highest BCUT2D eigenvalue weighted by atomic mass is 32.2. The molecule has 0 bridgehead atoms. The number of nitrogens with one attached hydrogen (secondary N) is 3. The molecule has 4 atom stereocenters. The van der Waals surface area contributed by atoms with E-state index in [2.05, 4.69) is 10.6 Å². The standard InChI is InChI=1S/C21H28F5N3O5S/c1-12(2)16(17(30)21(25,26)19(32)28-11-20(22,23)24)29-18(31)15-8-14(9-27-15)35(33,34)10-13-6-4-3-5-7-13/h3-7,12,14-17,27,30H,8-11H2,1-2H3,(H,28,32)(H,29,31)/t14-,15+,16+,17-/m1/s1. The molecule has 1 aromatic rings. The molecule has 0 aliphatic carbocycles. The lowest BCUT2D eigenvalue weighted by Crippen LogP contribution is -2.61. The third kappa shape index (κ3) is 7.84. The first kappa shape index (κ1) is 28.9. The summed E-state index contributed by atoms with van der Waals surface area (Å²) in [6.45, 7) is 0.635. The Kier molecular flexibility index (Phi) is 9.22. The Morgan fingerprint density at radius 2 is 1.74 bits per heavy atom. The van der Waals surface area contributed by atoms with Crippen LogP contribution in [-0.4, -0.2) is 74.0 Å². The summed E-state index contributed by atoms with van der Waals surface area (Å²) >= 11 is 0. The summed E-state index contributed by atoms with van der Waals surface area (Å²) < 4.78 is 90.9. The van der Waals surface area contributed by atoms with Crippen molar-refractivity contribution in [2.24, 2.45) is 5.92 Å². The number of rotatable bonds is 10. The molecule has 8 nitrogen and oxygen atoms in total. The normalized spacial score (nSPS) is 20.9. The van der Waals surface area contributed by atoms with Crippen LogP contribution in [0.5, 0.6) is 0 Å². The van der Waals surface area contributed by atoms with Crippen molar-refractivity contribution < 1.29 is 45.1 Å². The maximum atomic E-state index is 14.4. The Morgan fingerprint density at radius 3 is 2.29 bits per heavy atom. The Morgan fingerprint density at radius 1 is 1.14 bits per heavy atom. The number of carbonyl (C=O) groups excluding carboxylic acids is 2. The van der Waals surface area contributed by atoms with Gasteiger partial charge in [0.25, 0.3) is 5.91 Å². The van der Waals surface area contributed by atoms with Crippen LogP contribution in [-0.2, 0) is 25.2 Å². The number of halogens is 5. The lowest BCUT2D eigenvalue weighted by atomic mass is 9.93. The predicted molar refractivity (Wildman–Crippen MR) is 116 cm³/mol. The summed E-state index contributed by atoms with van der Waals surface area (Å²) in [6, 6.07) is 5.60. The fraction of sp³-hybridized carbons (Fsp3) is 0.619. The van der Waals surface area contributed by atoms with Gasteiger partial charge in [-0.1, -0.05) is 44.2 Å². The minimum absolute atomic E-state index is 0.0574. The first-order chi connectivity index (χ1) is 16.0. The van der Waals surface area contributed by atoms with E-state index in [1.165, 1.54) is 13.8 Å². The van der Waals surface area contributed by atoms with Gasteiger partial charge < -0.3 is 21.1 Å². The van der Waals surface area contributed by atoms with Gasteiger partial charge in [0.05, 0.1) is 23.1 Å². The van der Waals surface area contributed by atoms with E-state index in [0.29, 0.717) is 5.56 Å². The topological polar surface area (TPSA) is 125 Å². The SMILES string of the molecule is CC(C)[C@H](NC(=O)[C@@H]1C[C@@H](S(=O)(=O)Cc2ccccc2)CN1)[C@@H](O)C(F)(F)C(=O)NCC(F)(F)F. The smallest absolute Gasteiger partial charge is 0.384 e. The van der Waals surface area contributed by atoms with E-state index in [-0.39, 0.29) is 18.7 Å². The van der Waals surface area contributed by atoms with Gasteiger partial charge in [-0.25, -0.2) is 8.42 Å². The lowest BCUT2D eigenvalue weighted by Gasteiger charge is -2.32. The van der Waals surface area contributed by atoms with Gasteiger partial charge in [-0.3, -0.25) is 9.59 Å². The van der Waals surface area contributed by atoms with Gasteiger partial charge in [0, 0.05) is 6.54 Å². The molecule has 4 N–H and O–H groups in total. The van der Waals surface area contributed by atoms with Crippen LogP contribution in [0.25, 0.3) is 0 Å². The van der Waals surface area contributed by atoms with Gasteiger partial charge in [-0.2, -0.15) is 22.0 Å². The van der Waals surface area contributed by atoms with Crippen LogP contribution in [0.2, 0.25) is 0 Å². The number of alkyl halides is 5. The van der Waals surface area contributed by atoms with E-state index < -0.39 is 69.7 Å². The van der Waals surface area contributed by atoms with Gasteiger partial charge in [-0.05, 0) is 17.9 Å². The van der Waals surface area contributed by atoms with Crippen molar-refractivity contribution in [3.05, 3.63) is 35.9 Å². The number of aliphatic hydroxyl groups is 1. The highest BCUT2D eigenvalue weighted by molar-refractivity contribution is 7.91. The largest absolute Gasteiger partial charge is 0.405 e. The molecule has 14 heteroatoms. The van der Waals surface area contributed by atoms with E-state index >= 15 is 0 Å². The fourth-order valence-corrected chi connectivity index (χ4v) is 5.36. The average Bonchev–Trinajstić information content (AvgIpc) is 3.26. The minimum Gasteiger partial charge on any atom is -0.384 e. The average molecular weight is 530 g/mol. The molecule has 0 saturated carbocycles. The Balaban J connectivity index is 2.04. The number of benzene rings is 1. The molecular weight excluding hydrogens is 501 g/mol. The van der Waals surface area contributed by atoms with Crippen molar-refractivity contribution >= 4 is 21.7 Å². The highest BCUT2D eigenvalue weighted by Gasteiger charge is 2.52. The second kappa shape index (κ2) is 11.2. The molecule has 198 valence electrons. The summed E-state index contributed by atoms with van der Waals surface area (Å²) in [5.41, 5.74) is 0.564. The van der Waals surface area contributed by atoms with E-state index in [4.69, 9.17) is 0 Å². The summed E-state index contributed by atoms with van der Waals surface area (Å²) in [4.78, 5) is 24.3. The molecule has 1 aromatic carbocycles. The predicted octanol–water partition coefficient (Wildman–Crippen LogP) is 1.15. The summed E-state index contributed by atoms with van der Waals surface area (Å²) in [6.07, 6.45) is -7.92. The first-order valence-electron chi connectivity index (χ1n) is 10.7. The molecule has 2 rings (SSSR count). The van der Waals surface area contributed by atoms with Crippen LogP contribution >= 0.6 is 0 Å². The third-order valence-electron chi connectivity index (χ3n) is 5.62. The van der Waals surface area contributed by atoms with Crippen LogP contribution in [0.4, 0.5) is 22.0 Å². The molecule has 1 aliphatic heterocycles. The molecule has 0 aromatic heterocycles. The van der Waals surface area contributed by atoms with Gasteiger partial charge in [-0.15, -0.1) is 0 Å². The quantitative estimate of drug-likeness (QED) is 0.337. The molecule has 35 heavy (non-hydrogen) atoms. The number of amides is 2. The van der Waals surface area contributed by atoms with Gasteiger partial charge >= 0.3 is 12.1 Å². The zero-order valence-electron chi connectivity index (χ0n) is 19.0. The van der Waals surface area contributed by atoms with Crippen molar-refractivity contribution in [3.63, 3.8) is 0 Å². The van der Waals surface area contributed by atoms with Crippen LogP contribution in [0.3, 0.4) is 0 Å². The van der Waals surface area contributed by atoms with Crippen molar-refractivity contribution in [1.29, 1.82) is 0 Å². The van der Waals surface area contributed by atoms with Crippen molar-refractivity contribution in [2.45, 2.75) is 61.6 Å². The number of carbonyl (C=O) groups is 2. The number of hydrogen-bond donors (Lipinski definition) is 4.